The summed E-state index contributed by atoms with van der Waals surface area (Å²) in [5, 5.41) is 9.42. The Bertz CT molecular complexity index is 1600. The third-order valence-corrected chi connectivity index (χ3v) is 19.0. The summed E-state index contributed by atoms with van der Waals surface area (Å²) in [6.07, 6.45) is -2.96. The van der Waals surface area contributed by atoms with Gasteiger partial charge in [0.2, 0.25) is 0 Å². The van der Waals surface area contributed by atoms with Crippen molar-refractivity contribution in [3.05, 3.63) is 40.4 Å². The lowest BCUT2D eigenvalue weighted by atomic mass is 10.1. The third kappa shape index (κ3) is 9.63. The molecule has 49 heavy (non-hydrogen) atoms. The van der Waals surface area contributed by atoms with E-state index in [0.717, 1.165) is 16.1 Å². The molecule has 1 aliphatic rings. The normalized spacial score (nSPS) is 20.2. The van der Waals surface area contributed by atoms with Crippen LogP contribution in [0.15, 0.2) is 34.8 Å². The molecule has 0 bridgehead atoms. The largest absolute Gasteiger partial charge is 0.479 e. The fourth-order valence-corrected chi connectivity index (χ4v) is 17.1. The summed E-state index contributed by atoms with van der Waals surface area (Å²) in [5.74, 6) is -1.12. The number of rotatable bonds is 13. The highest BCUT2D eigenvalue weighted by molar-refractivity contribution is 9.10. The molecule has 10 nitrogen and oxygen atoms in total. The minimum absolute atomic E-state index is 0.00188. The highest BCUT2D eigenvalue weighted by Crippen LogP contribution is 2.54. The Labute approximate surface area is 307 Å². The lowest BCUT2D eigenvalue weighted by molar-refractivity contribution is -0.151. The number of benzene rings is 1. The smallest absolute Gasteiger partial charge is 0.339 e. The van der Waals surface area contributed by atoms with Crippen LogP contribution >= 0.6 is 27.5 Å². The van der Waals surface area contributed by atoms with Gasteiger partial charge in [0.05, 0.1) is 17.8 Å². The van der Waals surface area contributed by atoms with Crippen LogP contribution < -0.4 is 4.74 Å². The van der Waals surface area contributed by atoms with Crippen molar-refractivity contribution in [2.45, 2.75) is 121 Å². The van der Waals surface area contributed by atoms with Crippen LogP contribution in [0.4, 0.5) is 0 Å². The van der Waals surface area contributed by atoms with Crippen molar-refractivity contribution < 1.29 is 32.7 Å². The van der Waals surface area contributed by atoms with Crippen LogP contribution in [0.5, 0.6) is 6.01 Å². The minimum atomic E-state index is -3.20. The van der Waals surface area contributed by atoms with E-state index in [9.17, 15) is 9.90 Å². The number of aromatic nitrogens is 3. The number of hydrogen-bond acceptors (Lipinski definition) is 8. The van der Waals surface area contributed by atoms with Gasteiger partial charge in [0, 0.05) is 40.4 Å². The molecule has 1 aliphatic heterocycles. The molecule has 4 atom stereocenters. The maximum atomic E-state index is 12.5. The topological polar surface area (TPSA) is 125 Å². The van der Waals surface area contributed by atoms with E-state index in [0.29, 0.717) is 29.0 Å². The maximum Gasteiger partial charge on any atom is 0.339 e. The van der Waals surface area contributed by atoms with Gasteiger partial charge in [0.15, 0.2) is 31.7 Å². The van der Waals surface area contributed by atoms with Gasteiger partial charge in [-0.05, 0) is 43.9 Å². The summed E-state index contributed by atoms with van der Waals surface area (Å²) in [6, 6.07) is 10.9. The lowest BCUT2D eigenvalue weighted by Crippen LogP contribution is -2.64. The summed E-state index contributed by atoms with van der Waals surface area (Å²) in [7, 11) is -6.70. The molecule has 2 aromatic heterocycles. The quantitative estimate of drug-likeness (QED) is 0.128. The highest BCUT2D eigenvalue weighted by atomic mass is 79.9. The van der Waals surface area contributed by atoms with Crippen LogP contribution in [-0.4, -0.2) is 82.5 Å². The van der Waals surface area contributed by atoms with E-state index in [1.165, 1.54) is 0 Å². The molecular formula is C34H53BrClN3O7Si3. The predicted molar refractivity (Wildman–Crippen MR) is 206 cm³/mol. The number of carboxylic acids is 1. The zero-order valence-electron chi connectivity index (χ0n) is 30.9. The SMILES string of the molecule is CC(C)(C)[Si](O[C@@H]1[C@@H](C(=O)O)OC[C@H]1Oc1nc2nc(-c3ccc(Br)cc3)c(C(Cl)OCC[Si](C)(C)C)cc2[nH]1)(O[Si](C)(C)C)C(C)(C)C. The molecule has 272 valence electrons. The highest BCUT2D eigenvalue weighted by Gasteiger charge is 2.63. The van der Waals surface area contributed by atoms with Gasteiger partial charge in [-0.2, -0.15) is 4.98 Å². The molecule has 1 aromatic carbocycles. The lowest BCUT2D eigenvalue weighted by Gasteiger charge is -2.53. The van der Waals surface area contributed by atoms with E-state index < -0.39 is 64.9 Å². The van der Waals surface area contributed by atoms with Crippen molar-refractivity contribution in [3.63, 3.8) is 0 Å². The van der Waals surface area contributed by atoms with Crippen LogP contribution in [0.3, 0.4) is 0 Å². The number of nitrogens with zero attached hydrogens (tertiary/aromatic N) is 2. The van der Waals surface area contributed by atoms with Gasteiger partial charge in [0.1, 0.15) is 6.10 Å². The first kappa shape index (κ1) is 40.1. The van der Waals surface area contributed by atoms with Crippen molar-refractivity contribution in [2.75, 3.05) is 13.2 Å². The second-order valence-electron chi connectivity index (χ2n) is 17.0. The van der Waals surface area contributed by atoms with Gasteiger partial charge in [-0.1, -0.05) is 101 Å². The van der Waals surface area contributed by atoms with Gasteiger partial charge >= 0.3 is 14.5 Å². The van der Waals surface area contributed by atoms with Gasteiger partial charge < -0.3 is 32.8 Å². The number of ether oxygens (including phenoxy) is 3. The number of H-pyrrole nitrogens is 1. The van der Waals surface area contributed by atoms with E-state index in [2.05, 4.69) is 107 Å². The fraction of sp³-hybridized carbons (Fsp3) is 0.618. The Morgan fingerprint density at radius 1 is 1.06 bits per heavy atom. The molecule has 0 saturated carbocycles. The van der Waals surface area contributed by atoms with Crippen LogP contribution in [0.1, 0.15) is 52.7 Å². The third-order valence-electron chi connectivity index (χ3n) is 8.30. The molecule has 2 N–H and O–H groups in total. The first-order valence-electron chi connectivity index (χ1n) is 16.7. The number of fused-ring (bicyclic) bond motifs is 1. The van der Waals surface area contributed by atoms with Crippen molar-refractivity contribution >= 4 is 69.6 Å². The zero-order chi connectivity index (χ0) is 36.7. The number of carboxylic acid groups (broad SMARTS) is 1. The predicted octanol–water partition coefficient (Wildman–Crippen LogP) is 9.49. The molecule has 3 aromatic rings. The number of halogens is 2. The molecule has 1 fully saturated rings. The number of imidazole rings is 1. The number of alkyl halides is 1. The molecule has 1 saturated heterocycles. The summed E-state index contributed by atoms with van der Waals surface area (Å²) in [5.41, 5.74) is 2.50. The van der Waals surface area contributed by atoms with Crippen LogP contribution in [0, 0.1) is 0 Å². The molecule has 0 radical (unpaired) electrons. The summed E-state index contributed by atoms with van der Waals surface area (Å²) >= 11 is 10.4. The maximum absolute atomic E-state index is 12.5. The molecule has 0 amide bonds. The van der Waals surface area contributed by atoms with Crippen LogP contribution in [-0.2, 0) is 22.8 Å². The Morgan fingerprint density at radius 3 is 2.20 bits per heavy atom. The van der Waals surface area contributed by atoms with E-state index in [4.69, 9.17) is 39.3 Å². The van der Waals surface area contributed by atoms with Crippen LogP contribution in [0.25, 0.3) is 22.4 Å². The molecule has 4 rings (SSSR count). The van der Waals surface area contributed by atoms with Crippen molar-refractivity contribution in [3.8, 4) is 17.3 Å². The average molecular weight is 815 g/mol. The Morgan fingerprint density at radius 2 is 1.67 bits per heavy atom. The Hall–Kier alpha value is -1.63. The van der Waals surface area contributed by atoms with Gasteiger partial charge in [-0.15, -0.1) is 0 Å². The number of carbonyl (C=O) groups is 1. The summed E-state index contributed by atoms with van der Waals surface area (Å²) < 4.78 is 33.4. The number of pyridine rings is 1. The number of aliphatic carboxylic acids is 1. The van der Waals surface area contributed by atoms with Gasteiger partial charge in [-0.25, -0.2) is 9.78 Å². The first-order valence-corrected chi connectivity index (χ1v) is 26.9. The average Bonchev–Trinajstić information content (AvgIpc) is 3.52. The summed E-state index contributed by atoms with van der Waals surface area (Å²) in [4.78, 5) is 25.3. The number of hydrogen-bond donors (Lipinski definition) is 2. The monoisotopic (exact) mass is 813 g/mol. The van der Waals surface area contributed by atoms with Crippen LogP contribution in [0.2, 0.25) is 55.4 Å². The first-order chi connectivity index (χ1) is 22.4. The molecular weight excluding hydrogens is 762 g/mol. The second-order valence-corrected chi connectivity index (χ2v) is 33.4. The van der Waals surface area contributed by atoms with Crippen molar-refractivity contribution in [1.82, 2.24) is 15.0 Å². The number of aromatic amines is 1. The van der Waals surface area contributed by atoms with E-state index >= 15 is 0 Å². The fourth-order valence-electron chi connectivity index (χ4n) is 6.17. The molecule has 15 heteroatoms. The van der Waals surface area contributed by atoms with E-state index in [1.807, 2.05) is 30.3 Å². The van der Waals surface area contributed by atoms with Gasteiger partial charge in [0.25, 0.3) is 6.01 Å². The van der Waals surface area contributed by atoms with E-state index in [-0.39, 0.29) is 12.6 Å². The second kappa shape index (κ2) is 14.8. The molecule has 3 heterocycles. The van der Waals surface area contributed by atoms with Gasteiger partial charge in [-0.3, -0.25) is 0 Å². The van der Waals surface area contributed by atoms with Crippen molar-refractivity contribution in [2.24, 2.45) is 0 Å². The molecule has 1 unspecified atom stereocenters. The molecule has 0 aliphatic carbocycles. The zero-order valence-corrected chi connectivity index (χ0v) is 36.2. The number of nitrogens with one attached hydrogen (secondary N) is 1. The Kier molecular flexibility index (Phi) is 12.1. The van der Waals surface area contributed by atoms with E-state index in [1.54, 1.807) is 0 Å². The standard InChI is InChI=1S/C34H53BrClN3O7Si3/c1-33(2,3)49(34(4,5)6,46-48(10,11)12)45-27-25(20-43-28(27)31(40)41)44-32-37-24-19-23(29(36)42-17-18-47(7,8)9)26(38-30(24)39-32)21-13-15-22(35)16-14-21/h13-16,19,25,27-29H,17-18,20H2,1-12H3,(H,40,41)(H,37,38,39)/t25-,27+,28+,29?/m1/s1. The Balaban J connectivity index is 1.73. The summed E-state index contributed by atoms with van der Waals surface area (Å²) in [6.45, 7) is 26.5. The van der Waals surface area contributed by atoms with Crippen molar-refractivity contribution in [1.29, 1.82) is 0 Å². The minimum Gasteiger partial charge on any atom is -0.479 e. The molecule has 0 spiro atoms.